The number of anilines is 1. The number of nitrogens with two attached hydrogens (primary N) is 3. The second-order valence-electron chi connectivity index (χ2n) is 7.57. The minimum Gasteiger partial charge on any atom is -0.496 e. The lowest BCUT2D eigenvalue weighted by Gasteiger charge is -2.24. The molecule has 32 heavy (non-hydrogen) atoms. The topological polar surface area (TPSA) is 132 Å². The van der Waals surface area contributed by atoms with Crippen LogP contribution in [0.1, 0.15) is 35.4 Å². The highest BCUT2D eigenvalue weighted by atomic mass is 16.5. The first kappa shape index (κ1) is 23.1. The van der Waals surface area contributed by atoms with Crippen LogP contribution < -0.4 is 31.9 Å². The number of hydrogen-bond donors (Lipinski definition) is 3. The lowest BCUT2D eigenvalue weighted by atomic mass is 10.0. The van der Waals surface area contributed by atoms with Gasteiger partial charge in [0.2, 0.25) is 0 Å². The van der Waals surface area contributed by atoms with E-state index in [1.165, 1.54) is 7.05 Å². The highest BCUT2D eigenvalue weighted by Gasteiger charge is 2.28. The lowest BCUT2D eigenvalue weighted by molar-refractivity contribution is 0.216. The molecule has 0 aromatic heterocycles. The Kier molecular flexibility index (Phi) is 7.34. The first-order chi connectivity index (χ1) is 15.4. The van der Waals surface area contributed by atoms with Crippen molar-refractivity contribution in [1.82, 2.24) is 5.01 Å². The molecule has 1 saturated carbocycles. The largest absolute Gasteiger partial charge is 0.496 e. The fourth-order valence-electron chi connectivity index (χ4n) is 3.36. The van der Waals surface area contributed by atoms with Crippen LogP contribution in [-0.4, -0.2) is 38.5 Å². The number of benzene rings is 2. The van der Waals surface area contributed by atoms with Gasteiger partial charge in [0.25, 0.3) is 0 Å². The van der Waals surface area contributed by atoms with Gasteiger partial charge < -0.3 is 15.2 Å². The summed E-state index contributed by atoms with van der Waals surface area (Å²) in [7, 11) is 4.68. The number of hydrogen-bond acceptors (Lipinski definition) is 7. The molecule has 1 aliphatic carbocycles. The second-order valence-corrected chi connectivity index (χ2v) is 7.57. The molecule has 1 fully saturated rings. The van der Waals surface area contributed by atoms with Gasteiger partial charge in [0.05, 0.1) is 18.4 Å². The molecule has 1 aliphatic rings. The maximum absolute atomic E-state index is 12.3. The lowest BCUT2D eigenvalue weighted by Crippen LogP contribution is -2.49. The second kappa shape index (κ2) is 10.2. The Hall–Kier alpha value is -3.56. The standard InChI is InChI=1S/C23H30N6O3/c1-27-12-11-19(24)16-9-10-22(17(13-16)15-7-8-15)32-14-18-20(5-4-6-21(18)31-3)29(26)23(30)28(2)25/h4-6,9-13,15H,7-8,14,24-26H2,1-3H3. The number of carbonyl (C=O) groups is 1. The van der Waals surface area contributed by atoms with E-state index in [0.717, 1.165) is 39.7 Å². The third-order valence-electron chi connectivity index (χ3n) is 5.23. The number of rotatable bonds is 8. The summed E-state index contributed by atoms with van der Waals surface area (Å²) in [5, 5.41) is 1.89. The van der Waals surface area contributed by atoms with Gasteiger partial charge >= 0.3 is 6.03 Å². The van der Waals surface area contributed by atoms with Gasteiger partial charge in [-0.05, 0) is 66.3 Å². The first-order valence-corrected chi connectivity index (χ1v) is 10.3. The van der Waals surface area contributed by atoms with Gasteiger partial charge in [0, 0.05) is 26.0 Å². The van der Waals surface area contributed by atoms with E-state index in [0.29, 0.717) is 28.6 Å². The minimum absolute atomic E-state index is 0.154. The zero-order valence-corrected chi connectivity index (χ0v) is 18.6. The van der Waals surface area contributed by atoms with Crippen LogP contribution in [-0.2, 0) is 6.61 Å². The highest BCUT2D eigenvalue weighted by molar-refractivity contribution is 5.91. The zero-order valence-electron chi connectivity index (χ0n) is 18.6. The van der Waals surface area contributed by atoms with E-state index >= 15 is 0 Å². The Balaban J connectivity index is 1.90. The van der Waals surface area contributed by atoms with E-state index in [1.807, 2.05) is 12.1 Å². The van der Waals surface area contributed by atoms with Gasteiger partial charge in [-0.2, -0.15) is 0 Å². The molecule has 2 amide bonds. The molecule has 2 aromatic carbocycles. The Morgan fingerprint density at radius 2 is 1.97 bits per heavy atom. The Labute approximate surface area is 188 Å². The molecule has 0 spiro atoms. The quantitative estimate of drug-likeness (QED) is 0.251. The molecule has 2 aromatic rings. The van der Waals surface area contributed by atoms with Gasteiger partial charge in [0.15, 0.2) is 0 Å². The van der Waals surface area contributed by atoms with E-state index in [-0.39, 0.29) is 6.61 Å². The van der Waals surface area contributed by atoms with Crippen LogP contribution in [0.2, 0.25) is 0 Å². The van der Waals surface area contributed by atoms with E-state index < -0.39 is 6.03 Å². The van der Waals surface area contributed by atoms with Crippen molar-refractivity contribution in [1.29, 1.82) is 0 Å². The molecule has 9 nitrogen and oxygen atoms in total. The monoisotopic (exact) mass is 438 g/mol. The van der Waals surface area contributed by atoms with Gasteiger partial charge in [-0.1, -0.05) is 6.07 Å². The van der Waals surface area contributed by atoms with Crippen molar-refractivity contribution in [3.8, 4) is 11.5 Å². The van der Waals surface area contributed by atoms with E-state index in [2.05, 4.69) is 11.1 Å². The number of amides is 2. The molecular weight excluding hydrogens is 408 g/mol. The molecular formula is C23H30N6O3. The molecule has 3 rings (SSSR count). The average molecular weight is 439 g/mol. The predicted molar refractivity (Wildman–Crippen MR) is 126 cm³/mol. The molecule has 0 bridgehead atoms. The summed E-state index contributed by atoms with van der Waals surface area (Å²) in [5.74, 6) is 13.4. The van der Waals surface area contributed by atoms with Crippen molar-refractivity contribution in [2.45, 2.75) is 25.4 Å². The molecule has 0 aliphatic heterocycles. The first-order valence-electron chi connectivity index (χ1n) is 10.3. The van der Waals surface area contributed by atoms with Crippen LogP contribution in [0, 0.1) is 0 Å². The van der Waals surface area contributed by atoms with E-state index in [4.69, 9.17) is 26.9 Å². The Morgan fingerprint density at radius 1 is 1.22 bits per heavy atom. The van der Waals surface area contributed by atoms with Crippen LogP contribution in [0.5, 0.6) is 11.5 Å². The summed E-state index contributed by atoms with van der Waals surface area (Å²) in [6.45, 7) is 0.154. The summed E-state index contributed by atoms with van der Waals surface area (Å²) in [6, 6.07) is 10.6. The normalized spacial score (nSPS) is 13.8. The SMILES string of the molecule is CN=CC=C(N)c1ccc(OCc2c(OC)cccc2N(N)C(=O)N(C)N)c(C2CC2)c1. The average Bonchev–Trinajstić information content (AvgIpc) is 3.65. The van der Waals surface area contributed by atoms with Crippen LogP contribution in [0.3, 0.4) is 0 Å². The number of allylic oxidation sites excluding steroid dienone is 1. The minimum atomic E-state index is -0.569. The Bertz CT molecular complexity index is 1030. The highest BCUT2D eigenvalue weighted by Crippen LogP contribution is 2.45. The zero-order chi connectivity index (χ0) is 23.3. The maximum Gasteiger partial charge on any atom is 0.352 e. The van der Waals surface area contributed by atoms with Crippen LogP contribution in [0.4, 0.5) is 10.5 Å². The van der Waals surface area contributed by atoms with E-state index in [1.54, 1.807) is 44.6 Å². The van der Waals surface area contributed by atoms with Crippen molar-refractivity contribution in [2.75, 3.05) is 26.2 Å². The van der Waals surface area contributed by atoms with Crippen LogP contribution in [0.15, 0.2) is 47.5 Å². The molecule has 170 valence electrons. The van der Waals surface area contributed by atoms with Crippen LogP contribution in [0.25, 0.3) is 5.70 Å². The third kappa shape index (κ3) is 5.19. The molecule has 0 saturated heterocycles. The summed E-state index contributed by atoms with van der Waals surface area (Å²) in [5.41, 5.74) is 9.92. The maximum atomic E-state index is 12.3. The molecule has 0 unspecified atom stereocenters. The fourth-order valence-corrected chi connectivity index (χ4v) is 3.36. The number of ether oxygens (including phenoxy) is 2. The number of urea groups is 1. The molecule has 0 heterocycles. The van der Waals surface area contributed by atoms with Gasteiger partial charge in [-0.25, -0.2) is 21.5 Å². The number of aliphatic imine (C=N–C) groups is 1. The van der Waals surface area contributed by atoms with Gasteiger partial charge in [-0.3, -0.25) is 10.0 Å². The smallest absolute Gasteiger partial charge is 0.352 e. The third-order valence-corrected chi connectivity index (χ3v) is 5.23. The summed E-state index contributed by atoms with van der Waals surface area (Å²) in [4.78, 5) is 16.2. The predicted octanol–water partition coefficient (Wildman–Crippen LogP) is 2.76. The fraction of sp³-hybridized carbons (Fsp3) is 0.304. The number of nitrogens with zero attached hydrogens (tertiary/aromatic N) is 3. The Morgan fingerprint density at radius 3 is 2.59 bits per heavy atom. The van der Waals surface area contributed by atoms with Crippen molar-refractivity contribution in [2.24, 2.45) is 22.4 Å². The van der Waals surface area contributed by atoms with Crippen molar-refractivity contribution in [3.05, 3.63) is 59.2 Å². The summed E-state index contributed by atoms with van der Waals surface area (Å²) >= 11 is 0. The van der Waals surface area contributed by atoms with Gasteiger partial charge in [0.1, 0.15) is 18.1 Å². The number of hydrazine groups is 2. The molecule has 9 heteroatoms. The van der Waals surface area contributed by atoms with Gasteiger partial charge in [-0.15, -0.1) is 0 Å². The van der Waals surface area contributed by atoms with Crippen molar-refractivity contribution < 1.29 is 14.3 Å². The number of carbonyl (C=O) groups excluding carboxylic acids is 1. The molecule has 0 atom stereocenters. The van der Waals surface area contributed by atoms with Crippen LogP contribution >= 0.6 is 0 Å². The molecule has 6 N–H and O–H groups in total. The number of methoxy groups -OCH3 is 1. The van der Waals surface area contributed by atoms with Crippen molar-refractivity contribution >= 4 is 23.6 Å². The summed E-state index contributed by atoms with van der Waals surface area (Å²) in [6.07, 6.45) is 5.65. The van der Waals surface area contributed by atoms with E-state index in [9.17, 15) is 4.79 Å². The summed E-state index contributed by atoms with van der Waals surface area (Å²) < 4.78 is 11.7. The molecule has 0 radical (unpaired) electrons. The van der Waals surface area contributed by atoms with Crippen molar-refractivity contribution in [3.63, 3.8) is 0 Å².